The van der Waals surface area contributed by atoms with Crippen molar-refractivity contribution in [1.82, 2.24) is 5.32 Å². The maximum absolute atomic E-state index is 12.1. The number of hydrogen-bond acceptors (Lipinski definition) is 3. The molecule has 5 heteroatoms. The Balaban J connectivity index is 0.00000172. The maximum atomic E-state index is 12.1. The van der Waals surface area contributed by atoms with E-state index in [1.165, 1.54) is 6.07 Å². The molecule has 0 radical (unpaired) electrons. The van der Waals surface area contributed by atoms with Gasteiger partial charge in [-0.25, -0.2) is 4.79 Å². The molecule has 0 saturated heterocycles. The van der Waals surface area contributed by atoms with Crippen LogP contribution in [-0.2, 0) is 0 Å². The number of rotatable bonds is 5. The fourth-order valence-electron chi connectivity index (χ4n) is 1.74. The first-order chi connectivity index (χ1) is 9.47. The predicted octanol–water partition coefficient (Wildman–Crippen LogP) is 3.20. The molecule has 0 aromatic heterocycles. The lowest BCUT2D eigenvalue weighted by Crippen LogP contribution is -2.35. The second-order valence-corrected chi connectivity index (χ2v) is 5.04. The molecule has 0 bridgehead atoms. The number of hydrogen-bond donors (Lipinski definition) is 2. The standard InChI is InChI=1S/C13H17NO3S.C2H6/c1-8-5-4-6-10(13(16)17)11(8)12(15)14-9(2)7-18-3;1-2/h4-6,9H,7H2,1-3H3,(H,14,15)(H,16,17);1-2H3. The molecule has 4 nitrogen and oxygen atoms in total. The first kappa shape index (κ1) is 18.5. The quantitative estimate of drug-likeness (QED) is 0.876. The molecular weight excluding hydrogens is 274 g/mol. The van der Waals surface area contributed by atoms with E-state index in [1.807, 2.05) is 27.0 Å². The molecule has 1 unspecified atom stereocenters. The molecule has 1 atom stereocenters. The fourth-order valence-corrected chi connectivity index (χ4v) is 2.32. The minimum atomic E-state index is -1.08. The van der Waals surface area contributed by atoms with Gasteiger partial charge in [-0.3, -0.25) is 4.79 Å². The SMILES string of the molecule is CC.CSCC(C)NC(=O)c1c(C)cccc1C(=O)O. The van der Waals surface area contributed by atoms with Crippen molar-refractivity contribution in [3.63, 3.8) is 0 Å². The number of carbonyl (C=O) groups is 2. The Bertz CT molecular complexity index is 460. The van der Waals surface area contributed by atoms with Crippen molar-refractivity contribution in [3.05, 3.63) is 34.9 Å². The summed E-state index contributed by atoms with van der Waals surface area (Å²) in [6, 6.07) is 4.83. The number of carboxylic acid groups (broad SMARTS) is 1. The average molecular weight is 297 g/mol. The van der Waals surface area contributed by atoms with Crippen LogP contribution in [0, 0.1) is 6.92 Å². The van der Waals surface area contributed by atoms with E-state index in [0.29, 0.717) is 5.56 Å². The molecule has 1 aromatic carbocycles. The van der Waals surface area contributed by atoms with Gasteiger partial charge < -0.3 is 10.4 Å². The molecule has 0 aliphatic carbocycles. The summed E-state index contributed by atoms with van der Waals surface area (Å²) in [5.74, 6) is -0.617. The smallest absolute Gasteiger partial charge is 0.336 e. The Morgan fingerprint density at radius 3 is 2.45 bits per heavy atom. The predicted molar refractivity (Wildman–Crippen MR) is 84.8 cm³/mol. The lowest BCUT2D eigenvalue weighted by molar-refractivity contribution is 0.0690. The van der Waals surface area contributed by atoms with Gasteiger partial charge >= 0.3 is 5.97 Å². The van der Waals surface area contributed by atoms with Crippen LogP contribution >= 0.6 is 11.8 Å². The summed E-state index contributed by atoms with van der Waals surface area (Å²) in [6.07, 6.45) is 1.96. The van der Waals surface area contributed by atoms with E-state index in [-0.39, 0.29) is 23.1 Å². The van der Waals surface area contributed by atoms with Crippen molar-refractivity contribution < 1.29 is 14.7 Å². The molecule has 0 heterocycles. The molecule has 112 valence electrons. The molecule has 0 fully saturated rings. The van der Waals surface area contributed by atoms with E-state index in [1.54, 1.807) is 30.8 Å². The van der Waals surface area contributed by atoms with Crippen molar-refractivity contribution in [1.29, 1.82) is 0 Å². The van der Waals surface area contributed by atoms with E-state index in [4.69, 9.17) is 5.11 Å². The van der Waals surface area contributed by atoms with Crippen molar-refractivity contribution in [2.45, 2.75) is 33.7 Å². The zero-order valence-corrected chi connectivity index (χ0v) is 13.5. The van der Waals surface area contributed by atoms with Gasteiger partial charge in [0.1, 0.15) is 0 Å². The van der Waals surface area contributed by atoms with Crippen LogP contribution in [0.1, 0.15) is 47.1 Å². The summed E-state index contributed by atoms with van der Waals surface area (Å²) < 4.78 is 0. The number of thioether (sulfide) groups is 1. The second kappa shape index (κ2) is 9.42. The largest absolute Gasteiger partial charge is 0.478 e. The van der Waals surface area contributed by atoms with Crippen LogP contribution in [0.4, 0.5) is 0 Å². The van der Waals surface area contributed by atoms with Gasteiger partial charge in [-0.1, -0.05) is 26.0 Å². The molecular formula is C15H23NO3S. The summed E-state index contributed by atoms with van der Waals surface area (Å²) in [6.45, 7) is 7.63. The monoisotopic (exact) mass is 297 g/mol. The van der Waals surface area contributed by atoms with Gasteiger partial charge in [0.15, 0.2) is 0 Å². The van der Waals surface area contributed by atoms with Gasteiger partial charge in [-0.05, 0) is 31.7 Å². The van der Waals surface area contributed by atoms with E-state index >= 15 is 0 Å². The third-order valence-corrected chi connectivity index (χ3v) is 3.36. The highest BCUT2D eigenvalue weighted by atomic mass is 32.2. The van der Waals surface area contributed by atoms with Gasteiger partial charge in [0.05, 0.1) is 11.1 Å². The highest BCUT2D eigenvalue weighted by Gasteiger charge is 2.19. The Kier molecular flexibility index (Phi) is 8.72. The van der Waals surface area contributed by atoms with Gasteiger partial charge in [0.25, 0.3) is 5.91 Å². The van der Waals surface area contributed by atoms with Gasteiger partial charge in [0.2, 0.25) is 0 Å². The molecule has 0 spiro atoms. The highest BCUT2D eigenvalue weighted by molar-refractivity contribution is 7.98. The molecule has 1 rings (SSSR count). The van der Waals surface area contributed by atoms with Crippen molar-refractivity contribution >= 4 is 23.6 Å². The maximum Gasteiger partial charge on any atom is 0.336 e. The average Bonchev–Trinajstić information content (AvgIpc) is 2.40. The topological polar surface area (TPSA) is 66.4 Å². The van der Waals surface area contributed by atoms with Gasteiger partial charge in [-0.15, -0.1) is 0 Å². The zero-order chi connectivity index (χ0) is 15.7. The first-order valence-corrected chi connectivity index (χ1v) is 7.99. The van der Waals surface area contributed by atoms with Crippen molar-refractivity contribution in [3.8, 4) is 0 Å². The molecule has 20 heavy (non-hydrogen) atoms. The summed E-state index contributed by atoms with van der Waals surface area (Å²) in [5, 5.41) is 11.9. The number of aromatic carboxylic acids is 1. The molecule has 0 aliphatic heterocycles. The Morgan fingerprint density at radius 1 is 1.35 bits per heavy atom. The lowest BCUT2D eigenvalue weighted by Gasteiger charge is -2.15. The fraction of sp³-hybridized carbons (Fsp3) is 0.467. The molecule has 0 aliphatic rings. The van der Waals surface area contributed by atoms with Crippen LogP contribution in [0.2, 0.25) is 0 Å². The van der Waals surface area contributed by atoms with Crippen LogP contribution in [0.5, 0.6) is 0 Å². The summed E-state index contributed by atoms with van der Waals surface area (Å²) >= 11 is 1.63. The van der Waals surface area contributed by atoms with Crippen molar-refractivity contribution in [2.24, 2.45) is 0 Å². The van der Waals surface area contributed by atoms with Crippen LogP contribution in [0.25, 0.3) is 0 Å². The minimum absolute atomic E-state index is 0.00810. The molecule has 0 saturated carbocycles. The van der Waals surface area contributed by atoms with E-state index < -0.39 is 5.97 Å². The number of amides is 1. The van der Waals surface area contributed by atoms with Gasteiger partial charge in [-0.2, -0.15) is 11.8 Å². The molecule has 1 aromatic rings. The number of carbonyl (C=O) groups excluding carboxylic acids is 1. The number of nitrogens with one attached hydrogen (secondary N) is 1. The van der Waals surface area contributed by atoms with Crippen LogP contribution < -0.4 is 5.32 Å². The van der Waals surface area contributed by atoms with E-state index in [2.05, 4.69) is 5.32 Å². The van der Waals surface area contributed by atoms with Gasteiger partial charge in [0, 0.05) is 11.8 Å². The molecule has 2 N–H and O–H groups in total. The summed E-state index contributed by atoms with van der Waals surface area (Å²) in [5.41, 5.74) is 0.963. The third kappa shape index (κ3) is 5.25. The number of carboxylic acids is 1. The van der Waals surface area contributed by atoms with E-state index in [9.17, 15) is 9.59 Å². The number of benzene rings is 1. The van der Waals surface area contributed by atoms with Crippen LogP contribution in [0.3, 0.4) is 0 Å². The number of aryl methyl sites for hydroxylation is 1. The Hall–Kier alpha value is -1.49. The Morgan fingerprint density at radius 2 is 1.95 bits per heavy atom. The third-order valence-electron chi connectivity index (χ3n) is 2.52. The van der Waals surface area contributed by atoms with E-state index in [0.717, 1.165) is 5.75 Å². The van der Waals surface area contributed by atoms with Crippen LogP contribution in [0.15, 0.2) is 18.2 Å². The normalized spacial score (nSPS) is 11.1. The van der Waals surface area contributed by atoms with Crippen LogP contribution in [-0.4, -0.2) is 35.0 Å². The first-order valence-electron chi connectivity index (χ1n) is 6.60. The second-order valence-electron chi connectivity index (χ2n) is 4.13. The molecule has 1 amide bonds. The highest BCUT2D eigenvalue weighted by Crippen LogP contribution is 2.14. The minimum Gasteiger partial charge on any atom is -0.478 e. The Labute approximate surface area is 125 Å². The lowest BCUT2D eigenvalue weighted by atomic mass is 10.0. The van der Waals surface area contributed by atoms with Crippen molar-refractivity contribution in [2.75, 3.05) is 12.0 Å². The summed E-state index contributed by atoms with van der Waals surface area (Å²) in [7, 11) is 0. The summed E-state index contributed by atoms with van der Waals surface area (Å²) in [4.78, 5) is 23.2. The zero-order valence-electron chi connectivity index (χ0n) is 12.7.